The fourth-order valence-corrected chi connectivity index (χ4v) is 2.36. The fourth-order valence-electron chi connectivity index (χ4n) is 2.36. The van der Waals surface area contributed by atoms with Crippen molar-refractivity contribution in [2.45, 2.75) is 38.7 Å². The van der Waals surface area contributed by atoms with E-state index in [1.165, 1.54) is 0 Å². The lowest BCUT2D eigenvalue weighted by Gasteiger charge is -2.25. The van der Waals surface area contributed by atoms with Gasteiger partial charge in [0.05, 0.1) is 11.3 Å². The van der Waals surface area contributed by atoms with Gasteiger partial charge in [0, 0.05) is 25.5 Å². The average Bonchev–Trinajstić information content (AvgIpc) is 3.15. The van der Waals surface area contributed by atoms with Gasteiger partial charge < -0.3 is 15.7 Å². The number of nitrogens with zero attached hydrogens (tertiary/aromatic N) is 2. The Morgan fingerprint density at radius 1 is 1.21 bits per heavy atom. The number of amides is 2. The van der Waals surface area contributed by atoms with E-state index in [1.54, 1.807) is 10.9 Å². The largest absolute Gasteiger partial charge is 0.388 e. The maximum atomic E-state index is 11.8. The molecule has 0 saturated heterocycles. The standard InChI is InChI=1S/C18H26N4O2/c1-3-18(24,4-2)14-20-17(23)19-12-10-15-6-8-16(9-7-15)22-13-5-11-21-22/h5-9,11,13,24H,3-4,10,12,14H2,1-2H3,(H2,19,20,23). The molecule has 6 heteroatoms. The highest BCUT2D eigenvalue weighted by Gasteiger charge is 2.22. The smallest absolute Gasteiger partial charge is 0.314 e. The minimum atomic E-state index is -0.820. The van der Waals surface area contributed by atoms with Crippen molar-refractivity contribution in [3.63, 3.8) is 0 Å². The van der Waals surface area contributed by atoms with Gasteiger partial charge in [0.2, 0.25) is 0 Å². The predicted molar refractivity (Wildman–Crippen MR) is 94.2 cm³/mol. The Labute approximate surface area is 142 Å². The van der Waals surface area contributed by atoms with Gasteiger partial charge in [-0.05, 0) is 43.0 Å². The molecule has 24 heavy (non-hydrogen) atoms. The van der Waals surface area contributed by atoms with Gasteiger partial charge in [0.15, 0.2) is 0 Å². The molecule has 3 N–H and O–H groups in total. The summed E-state index contributed by atoms with van der Waals surface area (Å²) in [6.45, 7) is 4.64. The Hall–Kier alpha value is -2.34. The molecule has 0 atom stereocenters. The predicted octanol–water partition coefficient (Wildman–Crippen LogP) is 2.27. The molecule has 2 amide bonds. The number of rotatable bonds is 8. The summed E-state index contributed by atoms with van der Waals surface area (Å²) in [4.78, 5) is 11.8. The van der Waals surface area contributed by atoms with E-state index in [9.17, 15) is 9.90 Å². The summed E-state index contributed by atoms with van der Waals surface area (Å²) < 4.78 is 1.80. The molecular formula is C18H26N4O2. The van der Waals surface area contributed by atoms with Crippen molar-refractivity contribution in [2.24, 2.45) is 0 Å². The van der Waals surface area contributed by atoms with Crippen LogP contribution >= 0.6 is 0 Å². The molecule has 0 bridgehead atoms. The normalized spacial score (nSPS) is 11.3. The zero-order chi connectivity index (χ0) is 17.4. The van der Waals surface area contributed by atoms with E-state index >= 15 is 0 Å². The van der Waals surface area contributed by atoms with Crippen LogP contribution in [0, 0.1) is 0 Å². The number of hydrogen-bond acceptors (Lipinski definition) is 3. The third-order valence-corrected chi connectivity index (χ3v) is 4.30. The minimum Gasteiger partial charge on any atom is -0.388 e. The highest BCUT2D eigenvalue weighted by atomic mass is 16.3. The van der Waals surface area contributed by atoms with Crippen molar-refractivity contribution < 1.29 is 9.90 Å². The molecular weight excluding hydrogens is 304 g/mol. The quantitative estimate of drug-likeness (QED) is 0.695. The van der Waals surface area contributed by atoms with E-state index in [0.29, 0.717) is 19.4 Å². The summed E-state index contributed by atoms with van der Waals surface area (Å²) in [7, 11) is 0. The van der Waals surface area contributed by atoms with Gasteiger partial charge in [0.25, 0.3) is 0 Å². The van der Waals surface area contributed by atoms with E-state index in [1.807, 2.05) is 50.4 Å². The molecule has 1 aromatic heterocycles. The summed E-state index contributed by atoms with van der Waals surface area (Å²) in [6, 6.07) is 9.71. The Morgan fingerprint density at radius 3 is 2.50 bits per heavy atom. The van der Waals surface area contributed by atoms with Crippen molar-refractivity contribution in [3.05, 3.63) is 48.3 Å². The van der Waals surface area contributed by atoms with Crippen LogP contribution in [0.2, 0.25) is 0 Å². The van der Waals surface area contributed by atoms with Gasteiger partial charge in [-0.15, -0.1) is 0 Å². The monoisotopic (exact) mass is 330 g/mol. The third kappa shape index (κ3) is 5.09. The van der Waals surface area contributed by atoms with Crippen LogP contribution in [-0.4, -0.2) is 39.6 Å². The van der Waals surface area contributed by atoms with Crippen LogP contribution in [0.4, 0.5) is 4.79 Å². The number of nitrogens with one attached hydrogen (secondary N) is 2. The minimum absolute atomic E-state index is 0.247. The summed E-state index contributed by atoms with van der Waals surface area (Å²) in [5.74, 6) is 0. The van der Waals surface area contributed by atoms with Gasteiger partial charge >= 0.3 is 6.03 Å². The van der Waals surface area contributed by atoms with Crippen LogP contribution in [0.1, 0.15) is 32.3 Å². The number of urea groups is 1. The molecule has 1 aromatic carbocycles. The van der Waals surface area contributed by atoms with Crippen LogP contribution in [-0.2, 0) is 6.42 Å². The maximum absolute atomic E-state index is 11.8. The first-order valence-corrected chi connectivity index (χ1v) is 8.39. The molecule has 1 heterocycles. The summed E-state index contributed by atoms with van der Waals surface area (Å²) >= 11 is 0. The maximum Gasteiger partial charge on any atom is 0.314 e. The van der Waals surface area contributed by atoms with E-state index in [0.717, 1.165) is 17.7 Å². The number of aliphatic hydroxyl groups is 1. The number of benzene rings is 1. The van der Waals surface area contributed by atoms with Gasteiger partial charge in [-0.3, -0.25) is 0 Å². The summed E-state index contributed by atoms with van der Waals surface area (Å²) in [5, 5.41) is 19.9. The molecule has 2 aromatic rings. The Kier molecular flexibility index (Phi) is 6.37. The van der Waals surface area contributed by atoms with Gasteiger partial charge in [-0.1, -0.05) is 26.0 Å². The lowest BCUT2D eigenvalue weighted by Crippen LogP contribution is -2.46. The first-order chi connectivity index (χ1) is 11.6. The average molecular weight is 330 g/mol. The molecule has 0 saturated carbocycles. The molecule has 6 nitrogen and oxygen atoms in total. The van der Waals surface area contributed by atoms with Gasteiger partial charge in [-0.25, -0.2) is 9.48 Å². The van der Waals surface area contributed by atoms with Gasteiger partial charge in [0.1, 0.15) is 0 Å². The molecule has 0 unspecified atom stereocenters. The second kappa shape index (κ2) is 8.49. The highest BCUT2D eigenvalue weighted by Crippen LogP contribution is 2.12. The highest BCUT2D eigenvalue weighted by molar-refractivity contribution is 5.73. The molecule has 130 valence electrons. The number of aromatic nitrogens is 2. The molecule has 0 aliphatic heterocycles. The Balaban J connectivity index is 1.73. The van der Waals surface area contributed by atoms with E-state index < -0.39 is 5.60 Å². The van der Waals surface area contributed by atoms with Crippen molar-refractivity contribution in [2.75, 3.05) is 13.1 Å². The second-order valence-corrected chi connectivity index (χ2v) is 5.91. The zero-order valence-corrected chi connectivity index (χ0v) is 14.3. The number of carbonyl (C=O) groups excluding carboxylic acids is 1. The summed E-state index contributed by atoms with van der Waals surface area (Å²) in [5.41, 5.74) is 1.33. The van der Waals surface area contributed by atoms with Gasteiger partial charge in [-0.2, -0.15) is 5.10 Å². The number of hydrogen-bond donors (Lipinski definition) is 3. The van der Waals surface area contributed by atoms with Crippen LogP contribution in [0.5, 0.6) is 0 Å². The molecule has 0 spiro atoms. The topological polar surface area (TPSA) is 79.2 Å². The second-order valence-electron chi connectivity index (χ2n) is 5.91. The molecule has 0 fully saturated rings. The van der Waals surface area contributed by atoms with Crippen molar-refractivity contribution in [3.8, 4) is 5.69 Å². The third-order valence-electron chi connectivity index (χ3n) is 4.30. The van der Waals surface area contributed by atoms with Crippen molar-refractivity contribution >= 4 is 6.03 Å². The fraction of sp³-hybridized carbons (Fsp3) is 0.444. The van der Waals surface area contributed by atoms with E-state index in [-0.39, 0.29) is 12.6 Å². The molecule has 2 rings (SSSR count). The Bertz CT molecular complexity index is 619. The SMILES string of the molecule is CCC(O)(CC)CNC(=O)NCCc1ccc(-n2cccn2)cc1. The lowest BCUT2D eigenvalue weighted by molar-refractivity contribution is 0.0349. The first kappa shape index (κ1) is 18.0. The lowest BCUT2D eigenvalue weighted by atomic mass is 9.98. The zero-order valence-electron chi connectivity index (χ0n) is 14.3. The van der Waals surface area contributed by atoms with Crippen LogP contribution < -0.4 is 10.6 Å². The first-order valence-electron chi connectivity index (χ1n) is 8.39. The van der Waals surface area contributed by atoms with Crippen molar-refractivity contribution in [1.29, 1.82) is 0 Å². The molecule has 0 aliphatic carbocycles. The number of carbonyl (C=O) groups is 1. The van der Waals surface area contributed by atoms with E-state index in [4.69, 9.17) is 0 Å². The van der Waals surface area contributed by atoms with Crippen LogP contribution in [0.15, 0.2) is 42.7 Å². The van der Waals surface area contributed by atoms with Crippen molar-refractivity contribution in [1.82, 2.24) is 20.4 Å². The summed E-state index contributed by atoms with van der Waals surface area (Å²) in [6.07, 6.45) is 5.63. The molecule has 0 aliphatic rings. The van der Waals surface area contributed by atoms with E-state index in [2.05, 4.69) is 15.7 Å². The molecule has 0 radical (unpaired) electrons. The Morgan fingerprint density at radius 2 is 1.92 bits per heavy atom. The van der Waals surface area contributed by atoms with Crippen LogP contribution in [0.3, 0.4) is 0 Å². The van der Waals surface area contributed by atoms with Crippen LogP contribution in [0.25, 0.3) is 5.69 Å².